The van der Waals surface area contributed by atoms with Crippen LogP contribution in [0.5, 0.6) is 0 Å². The first-order valence-corrected chi connectivity index (χ1v) is 14.3. The van der Waals surface area contributed by atoms with Gasteiger partial charge >= 0.3 is 11.9 Å². The second-order valence-corrected chi connectivity index (χ2v) is 12.2. The Labute approximate surface area is 256 Å². The maximum absolute atomic E-state index is 15.5. The van der Waals surface area contributed by atoms with Crippen LogP contribution in [0.3, 0.4) is 0 Å². The molecule has 5 rings (SSSR count). The van der Waals surface area contributed by atoms with Crippen molar-refractivity contribution in [1.82, 2.24) is 20.2 Å². The molecular formula is C27H25ClF4N6O5S. The molecule has 0 aliphatic carbocycles. The number of esters is 1. The van der Waals surface area contributed by atoms with Gasteiger partial charge in [0, 0.05) is 42.0 Å². The van der Waals surface area contributed by atoms with Crippen LogP contribution in [0.1, 0.15) is 36.9 Å². The van der Waals surface area contributed by atoms with E-state index in [1.165, 1.54) is 36.3 Å². The van der Waals surface area contributed by atoms with E-state index in [0.717, 1.165) is 25.5 Å². The molecule has 0 saturated carbocycles. The third-order valence-electron chi connectivity index (χ3n) is 7.51. The van der Waals surface area contributed by atoms with E-state index in [-0.39, 0.29) is 29.2 Å². The topological polar surface area (TPSA) is 137 Å². The van der Waals surface area contributed by atoms with E-state index < -0.39 is 76.9 Å². The Hall–Kier alpha value is -3.89. The molecule has 44 heavy (non-hydrogen) atoms. The van der Waals surface area contributed by atoms with Crippen molar-refractivity contribution in [2.75, 3.05) is 20.2 Å². The van der Waals surface area contributed by atoms with E-state index in [4.69, 9.17) is 16.3 Å². The zero-order valence-electron chi connectivity index (χ0n) is 23.4. The van der Waals surface area contributed by atoms with E-state index in [9.17, 15) is 28.3 Å². The fourth-order valence-electron chi connectivity index (χ4n) is 5.25. The number of aliphatic imine (C=N–C) groups is 1. The van der Waals surface area contributed by atoms with Crippen LogP contribution in [0.25, 0.3) is 0 Å². The van der Waals surface area contributed by atoms with E-state index in [1.54, 1.807) is 5.38 Å². The Morgan fingerprint density at radius 3 is 2.64 bits per heavy atom. The molecule has 234 valence electrons. The number of carbonyl (C=O) groups is 3. The first-order chi connectivity index (χ1) is 20.7. The number of benzene rings is 1. The lowest BCUT2D eigenvalue weighted by Crippen LogP contribution is -2.49. The lowest BCUT2D eigenvalue weighted by atomic mass is 9.89. The summed E-state index contributed by atoms with van der Waals surface area (Å²) in [6.45, 7) is 1.39. The average Bonchev–Trinajstić information content (AvgIpc) is 3.70. The molecule has 1 aromatic heterocycles. The molecule has 2 N–H and O–H groups in total. The number of aliphatic carboxylic acids is 1. The first kappa shape index (κ1) is 31.5. The van der Waals surface area contributed by atoms with Gasteiger partial charge in [0.15, 0.2) is 22.5 Å². The minimum atomic E-state index is -3.49. The van der Waals surface area contributed by atoms with E-state index in [1.807, 2.05) is 0 Å². The van der Waals surface area contributed by atoms with Gasteiger partial charge in [0.2, 0.25) is 5.91 Å². The number of amidine groups is 1. The SMILES string of the molecule is COC(=O)C1=C(CN2CC(F)(F)C3C2C=NN3C(=O)CC(C)(C)C(=O)O)NC(c2nccs2)=NC1c1ccc(F)c(F)c1Cl. The fraction of sp³-hybridized carbons (Fsp3) is 0.407. The number of halogens is 5. The number of alkyl halides is 2. The molecule has 0 bridgehead atoms. The predicted octanol–water partition coefficient (Wildman–Crippen LogP) is 3.61. The maximum Gasteiger partial charge on any atom is 0.338 e. The molecule has 3 aliphatic heterocycles. The van der Waals surface area contributed by atoms with Gasteiger partial charge in [0.05, 0.1) is 35.7 Å². The van der Waals surface area contributed by atoms with Crippen molar-refractivity contribution in [1.29, 1.82) is 0 Å². The minimum absolute atomic E-state index is 0.0458. The normalized spacial score (nSPS) is 23.0. The average molecular weight is 657 g/mol. The van der Waals surface area contributed by atoms with Crippen LogP contribution < -0.4 is 5.32 Å². The molecule has 1 fully saturated rings. The van der Waals surface area contributed by atoms with E-state index in [0.29, 0.717) is 10.0 Å². The van der Waals surface area contributed by atoms with Crippen LogP contribution in [0.15, 0.2) is 45.1 Å². The van der Waals surface area contributed by atoms with Gasteiger partial charge in [-0.2, -0.15) is 5.10 Å². The van der Waals surface area contributed by atoms with Crippen LogP contribution >= 0.6 is 22.9 Å². The Balaban J connectivity index is 1.53. The first-order valence-electron chi connectivity index (χ1n) is 13.1. The number of hydrazone groups is 1. The zero-order valence-corrected chi connectivity index (χ0v) is 24.9. The number of carbonyl (C=O) groups excluding carboxylic acids is 2. The highest BCUT2D eigenvalue weighted by Crippen LogP contribution is 2.42. The van der Waals surface area contributed by atoms with Crippen LogP contribution in [-0.2, 0) is 19.1 Å². The summed E-state index contributed by atoms with van der Waals surface area (Å²) in [6.07, 6.45) is 2.08. The molecule has 0 spiro atoms. The van der Waals surface area contributed by atoms with Crippen molar-refractivity contribution in [3.8, 4) is 0 Å². The second-order valence-electron chi connectivity index (χ2n) is 11.0. The number of amides is 1. The highest BCUT2D eigenvalue weighted by atomic mass is 35.5. The summed E-state index contributed by atoms with van der Waals surface area (Å²) in [5.41, 5.74) is -1.75. The molecule has 1 aromatic carbocycles. The molecule has 4 heterocycles. The van der Waals surface area contributed by atoms with Gasteiger partial charge in [-0.3, -0.25) is 19.5 Å². The monoisotopic (exact) mass is 656 g/mol. The smallest absolute Gasteiger partial charge is 0.338 e. The number of carboxylic acid groups (broad SMARTS) is 1. The van der Waals surface area contributed by atoms with Gasteiger partial charge in [0.1, 0.15) is 12.1 Å². The molecule has 0 radical (unpaired) electrons. The summed E-state index contributed by atoms with van der Waals surface area (Å²) in [4.78, 5) is 47.6. The standard InChI is InChI=1S/C27H25ClF4N6O5S/c1-26(2,25(41)42)8-16(39)38-21-15(9-34-38)37(11-27(21,31)32)10-14-17(24(40)43-3)20(12-4-5-13(29)19(30)18(12)28)36-22(35-14)23-33-6-7-44-23/h4-7,9,15,20-21H,8,10-11H2,1-3H3,(H,35,36)(H,41,42). The van der Waals surface area contributed by atoms with Gasteiger partial charge in [-0.15, -0.1) is 11.3 Å². The summed E-state index contributed by atoms with van der Waals surface area (Å²) in [6, 6.07) is -2.22. The lowest BCUT2D eigenvalue weighted by molar-refractivity contribution is -0.154. The number of likely N-dealkylation sites (tertiary alicyclic amines) is 1. The lowest BCUT2D eigenvalue weighted by Gasteiger charge is -2.30. The van der Waals surface area contributed by atoms with Crippen LogP contribution in [0, 0.1) is 17.0 Å². The molecule has 3 unspecified atom stereocenters. The van der Waals surface area contributed by atoms with Crippen molar-refractivity contribution in [2.24, 2.45) is 15.5 Å². The van der Waals surface area contributed by atoms with Gasteiger partial charge in [-0.05, 0) is 19.9 Å². The summed E-state index contributed by atoms with van der Waals surface area (Å²) in [5.74, 6) is -9.06. The van der Waals surface area contributed by atoms with Gasteiger partial charge in [0.25, 0.3) is 5.92 Å². The van der Waals surface area contributed by atoms with Crippen molar-refractivity contribution in [3.63, 3.8) is 0 Å². The molecule has 17 heteroatoms. The number of ether oxygens (including phenoxy) is 1. The van der Waals surface area contributed by atoms with E-state index in [2.05, 4.69) is 20.4 Å². The Bertz CT molecular complexity index is 1620. The summed E-state index contributed by atoms with van der Waals surface area (Å²) >= 11 is 7.33. The number of carboxylic acids is 1. The number of thiazole rings is 1. The highest BCUT2D eigenvalue weighted by molar-refractivity contribution is 7.11. The second kappa shape index (κ2) is 11.6. The number of nitrogens with zero attached hydrogens (tertiary/aromatic N) is 5. The zero-order chi connectivity index (χ0) is 32.1. The Morgan fingerprint density at radius 2 is 2.00 bits per heavy atom. The third kappa shape index (κ3) is 5.57. The van der Waals surface area contributed by atoms with Gasteiger partial charge < -0.3 is 15.2 Å². The summed E-state index contributed by atoms with van der Waals surface area (Å²) in [7, 11) is 1.09. The van der Waals surface area contributed by atoms with Crippen molar-refractivity contribution < 1.29 is 41.8 Å². The molecule has 1 amide bonds. The molecular weight excluding hydrogens is 632 g/mol. The number of fused-ring (bicyclic) bond motifs is 1. The summed E-state index contributed by atoms with van der Waals surface area (Å²) in [5, 5.41) is 18.3. The number of hydrogen-bond acceptors (Lipinski definition) is 10. The maximum atomic E-state index is 15.5. The molecule has 3 atom stereocenters. The molecule has 11 nitrogen and oxygen atoms in total. The number of aromatic nitrogens is 1. The third-order valence-corrected chi connectivity index (χ3v) is 8.68. The quantitative estimate of drug-likeness (QED) is 0.250. The van der Waals surface area contributed by atoms with Crippen molar-refractivity contribution in [2.45, 2.75) is 44.3 Å². The number of nitrogens with one attached hydrogen (secondary N) is 1. The van der Waals surface area contributed by atoms with Crippen LogP contribution in [-0.4, -0.2) is 88.1 Å². The summed E-state index contributed by atoms with van der Waals surface area (Å²) < 4.78 is 64.5. The van der Waals surface area contributed by atoms with Crippen molar-refractivity contribution in [3.05, 3.63) is 62.2 Å². The van der Waals surface area contributed by atoms with Gasteiger partial charge in [-0.25, -0.2) is 32.3 Å². The van der Waals surface area contributed by atoms with E-state index >= 15 is 8.78 Å². The molecule has 1 saturated heterocycles. The van der Waals surface area contributed by atoms with Crippen LogP contribution in [0.4, 0.5) is 17.6 Å². The number of hydrogen-bond donors (Lipinski definition) is 2. The largest absolute Gasteiger partial charge is 0.481 e. The molecule has 2 aromatic rings. The fourth-order valence-corrected chi connectivity index (χ4v) is 6.09. The Morgan fingerprint density at radius 1 is 1.27 bits per heavy atom. The van der Waals surface area contributed by atoms with Crippen LogP contribution in [0.2, 0.25) is 5.02 Å². The number of rotatable bonds is 8. The molecule has 3 aliphatic rings. The predicted molar refractivity (Wildman–Crippen MR) is 150 cm³/mol. The van der Waals surface area contributed by atoms with Gasteiger partial charge in [-0.1, -0.05) is 17.7 Å². The minimum Gasteiger partial charge on any atom is -0.481 e. The Kier molecular flexibility index (Phi) is 8.28. The number of methoxy groups -OCH3 is 1. The van der Waals surface area contributed by atoms with Crippen molar-refractivity contribution >= 4 is 52.8 Å². The highest BCUT2D eigenvalue weighted by Gasteiger charge is 2.60.